The predicted molar refractivity (Wildman–Crippen MR) is 69.6 cm³/mol. The molecule has 1 nitrogen and oxygen atoms in total. The number of benzene rings is 2. The minimum Gasteiger partial charge on any atom is -0.316 e. The zero-order valence-electron chi connectivity index (χ0n) is 9.81. The second-order valence-electron chi connectivity index (χ2n) is 4.00. The van der Waals surface area contributed by atoms with E-state index in [4.69, 9.17) is 11.6 Å². The number of hydrogen-bond acceptors (Lipinski definition) is 1. The van der Waals surface area contributed by atoms with E-state index >= 15 is 0 Å². The Morgan fingerprint density at radius 1 is 1.11 bits per heavy atom. The monoisotopic (exact) mass is 267 g/mol. The van der Waals surface area contributed by atoms with Gasteiger partial charge in [-0.1, -0.05) is 17.7 Å². The van der Waals surface area contributed by atoms with Crippen LogP contribution in [0.1, 0.15) is 5.56 Å². The number of hydrogen-bond donors (Lipinski definition) is 1. The van der Waals surface area contributed by atoms with Crippen molar-refractivity contribution in [2.75, 3.05) is 7.05 Å². The van der Waals surface area contributed by atoms with Crippen LogP contribution in [0.25, 0.3) is 11.1 Å². The lowest BCUT2D eigenvalue weighted by Crippen LogP contribution is -2.05. The number of halogens is 3. The van der Waals surface area contributed by atoms with E-state index in [0.29, 0.717) is 17.7 Å². The van der Waals surface area contributed by atoms with Gasteiger partial charge in [0, 0.05) is 17.1 Å². The Hall–Kier alpha value is -1.45. The average molecular weight is 268 g/mol. The molecule has 0 radical (unpaired) electrons. The summed E-state index contributed by atoms with van der Waals surface area (Å²) in [4.78, 5) is 0. The van der Waals surface area contributed by atoms with Crippen LogP contribution >= 0.6 is 11.6 Å². The molecular formula is C14H12ClF2N. The Bertz CT molecular complexity index is 549. The lowest BCUT2D eigenvalue weighted by atomic mass is 10.0. The van der Waals surface area contributed by atoms with Gasteiger partial charge in [0.15, 0.2) is 0 Å². The Kier molecular flexibility index (Phi) is 3.94. The molecule has 2 aromatic rings. The third-order valence-corrected chi connectivity index (χ3v) is 2.80. The lowest BCUT2D eigenvalue weighted by molar-refractivity contribution is 0.624. The van der Waals surface area contributed by atoms with Crippen LogP contribution in [0.3, 0.4) is 0 Å². The molecule has 0 aliphatic carbocycles. The van der Waals surface area contributed by atoms with Gasteiger partial charge in [-0.25, -0.2) is 8.78 Å². The maximum atomic E-state index is 13.8. The summed E-state index contributed by atoms with van der Waals surface area (Å²) in [6, 6.07) is 8.77. The van der Waals surface area contributed by atoms with Crippen molar-refractivity contribution in [1.29, 1.82) is 0 Å². The second-order valence-corrected chi connectivity index (χ2v) is 4.44. The van der Waals surface area contributed by atoms with E-state index in [2.05, 4.69) is 5.32 Å². The summed E-state index contributed by atoms with van der Waals surface area (Å²) in [5, 5.41) is 3.24. The van der Waals surface area contributed by atoms with Gasteiger partial charge in [0.2, 0.25) is 0 Å². The first-order valence-corrected chi connectivity index (χ1v) is 5.87. The van der Waals surface area contributed by atoms with Crippen molar-refractivity contribution in [3.8, 4) is 11.1 Å². The molecule has 0 atom stereocenters. The number of rotatable bonds is 3. The molecule has 4 heteroatoms. The normalized spacial score (nSPS) is 10.7. The van der Waals surface area contributed by atoms with Gasteiger partial charge in [-0.3, -0.25) is 0 Å². The Balaban J connectivity index is 2.51. The molecule has 0 amide bonds. The third-order valence-electron chi connectivity index (χ3n) is 2.59. The van der Waals surface area contributed by atoms with Crippen molar-refractivity contribution in [1.82, 2.24) is 5.32 Å². The van der Waals surface area contributed by atoms with Crippen LogP contribution in [0, 0.1) is 11.6 Å². The topological polar surface area (TPSA) is 12.0 Å². The highest BCUT2D eigenvalue weighted by Gasteiger charge is 2.08. The highest BCUT2D eigenvalue weighted by atomic mass is 35.5. The van der Waals surface area contributed by atoms with Gasteiger partial charge in [0.1, 0.15) is 11.6 Å². The Labute approximate surface area is 109 Å². The van der Waals surface area contributed by atoms with Crippen LogP contribution in [0.15, 0.2) is 36.4 Å². The fraction of sp³-hybridized carbons (Fsp3) is 0.143. The maximum Gasteiger partial charge on any atom is 0.131 e. The SMILES string of the molecule is CNCc1ccc(F)c(-c2cc(F)cc(Cl)c2)c1. The van der Waals surface area contributed by atoms with E-state index in [0.717, 1.165) is 5.56 Å². The highest BCUT2D eigenvalue weighted by Crippen LogP contribution is 2.27. The van der Waals surface area contributed by atoms with E-state index < -0.39 is 11.6 Å². The first-order valence-electron chi connectivity index (χ1n) is 5.49. The minimum atomic E-state index is -0.476. The predicted octanol–water partition coefficient (Wildman–Crippen LogP) is 4.00. The first kappa shape index (κ1) is 13.0. The van der Waals surface area contributed by atoms with Gasteiger partial charge in [-0.15, -0.1) is 0 Å². The fourth-order valence-corrected chi connectivity index (χ4v) is 2.04. The summed E-state index contributed by atoms with van der Waals surface area (Å²) in [6.45, 7) is 0.621. The van der Waals surface area contributed by atoms with Gasteiger partial charge < -0.3 is 5.32 Å². The average Bonchev–Trinajstić information content (AvgIpc) is 2.30. The third kappa shape index (κ3) is 2.86. The molecule has 0 heterocycles. The largest absolute Gasteiger partial charge is 0.316 e. The molecule has 2 aromatic carbocycles. The van der Waals surface area contributed by atoms with Gasteiger partial charge in [-0.05, 0) is 48.5 Å². The zero-order chi connectivity index (χ0) is 13.1. The minimum absolute atomic E-state index is 0.253. The van der Waals surface area contributed by atoms with Gasteiger partial charge in [0.25, 0.3) is 0 Å². The molecular weight excluding hydrogens is 256 g/mol. The highest BCUT2D eigenvalue weighted by molar-refractivity contribution is 6.30. The molecule has 0 fully saturated rings. The van der Waals surface area contributed by atoms with Crippen molar-refractivity contribution < 1.29 is 8.78 Å². The molecule has 0 aromatic heterocycles. The van der Waals surface area contributed by atoms with E-state index in [1.54, 1.807) is 18.2 Å². The first-order chi connectivity index (χ1) is 8.60. The molecule has 1 N–H and O–H groups in total. The van der Waals surface area contributed by atoms with Crippen LogP contribution in [0.5, 0.6) is 0 Å². The second kappa shape index (κ2) is 5.46. The van der Waals surface area contributed by atoms with Crippen molar-refractivity contribution in [2.24, 2.45) is 0 Å². The van der Waals surface area contributed by atoms with Gasteiger partial charge in [0.05, 0.1) is 0 Å². The molecule has 2 rings (SSSR count). The molecule has 18 heavy (non-hydrogen) atoms. The van der Waals surface area contributed by atoms with E-state index in [1.807, 2.05) is 7.05 Å². The summed E-state index contributed by atoms with van der Waals surface area (Å²) >= 11 is 5.78. The quantitative estimate of drug-likeness (QED) is 0.886. The summed E-state index contributed by atoms with van der Waals surface area (Å²) in [6.07, 6.45) is 0. The van der Waals surface area contributed by atoms with E-state index in [-0.39, 0.29) is 5.02 Å². The fourth-order valence-electron chi connectivity index (χ4n) is 1.82. The van der Waals surface area contributed by atoms with Crippen molar-refractivity contribution in [3.63, 3.8) is 0 Å². The van der Waals surface area contributed by atoms with E-state index in [1.165, 1.54) is 18.2 Å². The molecule has 94 valence electrons. The van der Waals surface area contributed by atoms with Crippen LogP contribution in [0.4, 0.5) is 8.78 Å². The summed E-state index contributed by atoms with van der Waals surface area (Å²) in [5.41, 5.74) is 1.72. The van der Waals surface area contributed by atoms with Crippen molar-refractivity contribution >= 4 is 11.6 Å². The van der Waals surface area contributed by atoms with Crippen LogP contribution in [-0.4, -0.2) is 7.05 Å². The molecule has 0 aliphatic rings. The van der Waals surface area contributed by atoms with E-state index in [9.17, 15) is 8.78 Å². The molecule has 0 saturated heterocycles. The maximum absolute atomic E-state index is 13.8. The lowest BCUT2D eigenvalue weighted by Gasteiger charge is -2.08. The molecule has 0 spiro atoms. The standard InChI is InChI=1S/C14H12ClF2N/c1-18-8-9-2-3-14(17)13(4-9)10-5-11(15)7-12(16)6-10/h2-7,18H,8H2,1H3. The summed E-state index contributed by atoms with van der Waals surface area (Å²) in [5.74, 6) is -0.868. The van der Waals surface area contributed by atoms with Crippen LogP contribution in [0.2, 0.25) is 5.02 Å². The Morgan fingerprint density at radius 2 is 1.89 bits per heavy atom. The number of nitrogens with one attached hydrogen (secondary N) is 1. The van der Waals surface area contributed by atoms with Crippen molar-refractivity contribution in [2.45, 2.75) is 6.54 Å². The van der Waals surface area contributed by atoms with Crippen molar-refractivity contribution in [3.05, 3.63) is 58.6 Å². The summed E-state index contributed by atoms with van der Waals surface area (Å²) in [7, 11) is 1.81. The van der Waals surface area contributed by atoms with Crippen LogP contribution in [-0.2, 0) is 6.54 Å². The van der Waals surface area contributed by atoms with Gasteiger partial charge >= 0.3 is 0 Å². The zero-order valence-corrected chi connectivity index (χ0v) is 10.6. The van der Waals surface area contributed by atoms with Crippen LogP contribution < -0.4 is 5.32 Å². The molecule has 0 aliphatic heterocycles. The van der Waals surface area contributed by atoms with Gasteiger partial charge in [-0.2, -0.15) is 0 Å². The molecule has 0 unspecified atom stereocenters. The molecule has 0 saturated carbocycles. The molecule has 0 bridgehead atoms. The Morgan fingerprint density at radius 3 is 2.56 bits per heavy atom. The smallest absolute Gasteiger partial charge is 0.131 e. The summed E-state index contributed by atoms with van der Waals surface area (Å²) < 4.78 is 27.0.